The number of β-amino-alcohol motifs (C(OH)–C–C–N with tert-alkyl or cyclic N) is 1. The van der Waals surface area contributed by atoms with Gasteiger partial charge in [0.2, 0.25) is 0 Å². The van der Waals surface area contributed by atoms with Crippen LogP contribution in [0.2, 0.25) is 0 Å². The molecule has 1 aromatic carbocycles. The number of rotatable bonds is 1. The van der Waals surface area contributed by atoms with E-state index in [-0.39, 0.29) is 18.1 Å². The van der Waals surface area contributed by atoms with Crippen molar-refractivity contribution in [2.24, 2.45) is 0 Å². The van der Waals surface area contributed by atoms with Gasteiger partial charge >= 0.3 is 6.18 Å². The maximum Gasteiger partial charge on any atom is 0.419 e. The average molecular weight is 315 g/mol. The number of nitrogens with two attached hydrogens (primary N) is 1. The molecule has 3 rings (SSSR count). The summed E-state index contributed by atoms with van der Waals surface area (Å²) in [6.07, 6.45) is -5.31. The number of aromatic nitrogens is 1. The summed E-state index contributed by atoms with van der Waals surface area (Å²) in [5.41, 5.74) is 3.41. The topological polar surface area (TPSA) is 92.6 Å². The Hall–Kier alpha value is -2.29. The van der Waals surface area contributed by atoms with E-state index in [1.807, 2.05) is 0 Å². The molecule has 22 heavy (non-hydrogen) atoms. The summed E-state index contributed by atoms with van der Waals surface area (Å²) in [6.45, 7) is -0.956. The van der Waals surface area contributed by atoms with Gasteiger partial charge in [-0.1, -0.05) is 0 Å². The predicted molar refractivity (Wildman–Crippen MR) is 69.9 cm³/mol. The zero-order chi connectivity index (χ0) is 16.1. The fourth-order valence-corrected chi connectivity index (χ4v) is 2.46. The van der Waals surface area contributed by atoms with E-state index in [2.05, 4.69) is 4.98 Å². The number of oxazole rings is 1. The molecule has 0 bridgehead atoms. The van der Waals surface area contributed by atoms with Crippen LogP contribution in [0.15, 0.2) is 22.6 Å². The smallest absolute Gasteiger partial charge is 0.419 e. The number of halogens is 3. The summed E-state index contributed by atoms with van der Waals surface area (Å²) < 4.78 is 43.4. The highest BCUT2D eigenvalue weighted by molar-refractivity contribution is 5.97. The highest BCUT2D eigenvalue weighted by Crippen LogP contribution is 2.38. The number of carbonyl (C=O) groups excluding carboxylic acids is 1. The molecular formula is C13H12F3N3O3. The van der Waals surface area contributed by atoms with Crippen molar-refractivity contribution in [1.29, 1.82) is 0 Å². The Morgan fingerprint density at radius 1 is 1.45 bits per heavy atom. The molecule has 2 heterocycles. The number of benzene rings is 1. The van der Waals surface area contributed by atoms with Crippen LogP contribution in [-0.2, 0) is 0 Å². The second-order valence-corrected chi connectivity index (χ2v) is 5.24. The first kappa shape index (κ1) is 14.6. The molecule has 0 spiro atoms. The maximum absolute atomic E-state index is 12.8. The Kier molecular flexibility index (Phi) is 3.06. The number of nitrogen functional groups attached to an aromatic ring is 1. The van der Waals surface area contributed by atoms with Crippen LogP contribution in [0, 0.1) is 0 Å². The Morgan fingerprint density at radius 2 is 2.18 bits per heavy atom. The van der Waals surface area contributed by atoms with Crippen LogP contribution < -0.4 is 5.73 Å². The minimum atomic E-state index is -4.77. The SMILES string of the molecule is Nc1nc2cc(C(=O)N3CCC(O)(C(F)(F)F)C3)ccc2o1. The Bertz CT molecular complexity index is 743. The fourth-order valence-electron chi connectivity index (χ4n) is 2.46. The summed E-state index contributed by atoms with van der Waals surface area (Å²) in [4.78, 5) is 17.1. The van der Waals surface area contributed by atoms with Crippen molar-refractivity contribution in [3.05, 3.63) is 23.8 Å². The Morgan fingerprint density at radius 3 is 2.82 bits per heavy atom. The maximum atomic E-state index is 12.8. The van der Waals surface area contributed by atoms with Crippen molar-refractivity contribution < 1.29 is 27.5 Å². The van der Waals surface area contributed by atoms with Crippen LogP contribution in [0.25, 0.3) is 11.1 Å². The van der Waals surface area contributed by atoms with E-state index in [9.17, 15) is 23.1 Å². The van der Waals surface area contributed by atoms with Gasteiger partial charge in [-0.05, 0) is 18.2 Å². The standard InChI is InChI=1S/C13H12F3N3O3/c14-13(15,16)12(21)3-4-19(6-12)10(20)7-1-2-9-8(5-7)18-11(17)22-9/h1-2,5,21H,3-4,6H2,(H2,17,18). The molecule has 6 nitrogen and oxygen atoms in total. The number of nitrogens with zero attached hydrogens (tertiary/aromatic N) is 2. The van der Waals surface area contributed by atoms with Crippen LogP contribution in [0.3, 0.4) is 0 Å². The molecule has 0 saturated carbocycles. The molecule has 2 aromatic rings. The lowest BCUT2D eigenvalue weighted by molar-refractivity contribution is -0.253. The first-order chi connectivity index (χ1) is 10.2. The molecule has 1 saturated heterocycles. The Balaban J connectivity index is 1.84. The number of carbonyl (C=O) groups is 1. The van der Waals surface area contributed by atoms with Crippen molar-refractivity contribution in [3.8, 4) is 0 Å². The molecule has 1 aliphatic heterocycles. The number of hydrogen-bond donors (Lipinski definition) is 2. The molecule has 1 amide bonds. The van der Waals surface area contributed by atoms with Gasteiger partial charge in [0.1, 0.15) is 5.52 Å². The summed E-state index contributed by atoms with van der Waals surface area (Å²) in [6, 6.07) is 4.22. The molecule has 3 N–H and O–H groups in total. The highest BCUT2D eigenvalue weighted by Gasteiger charge is 2.57. The van der Waals surface area contributed by atoms with Crippen LogP contribution in [0.4, 0.5) is 19.2 Å². The van der Waals surface area contributed by atoms with E-state index in [1.54, 1.807) is 0 Å². The number of alkyl halides is 3. The lowest BCUT2D eigenvalue weighted by atomic mass is 10.0. The monoisotopic (exact) mass is 315 g/mol. The predicted octanol–water partition coefficient (Wildman–Crippen LogP) is 1.55. The van der Waals surface area contributed by atoms with E-state index in [0.717, 1.165) is 4.90 Å². The zero-order valence-corrected chi connectivity index (χ0v) is 11.2. The summed E-state index contributed by atoms with van der Waals surface area (Å²) in [5, 5.41) is 9.61. The molecule has 1 atom stereocenters. The Labute approximate surface area is 122 Å². The highest BCUT2D eigenvalue weighted by atomic mass is 19.4. The van der Waals surface area contributed by atoms with E-state index in [0.29, 0.717) is 11.1 Å². The summed E-state index contributed by atoms with van der Waals surface area (Å²) >= 11 is 0. The van der Waals surface area contributed by atoms with Crippen molar-refractivity contribution >= 4 is 23.0 Å². The third-order valence-electron chi connectivity index (χ3n) is 3.71. The van der Waals surface area contributed by atoms with Crippen molar-refractivity contribution in [1.82, 2.24) is 9.88 Å². The van der Waals surface area contributed by atoms with Gasteiger partial charge in [0, 0.05) is 18.5 Å². The molecule has 0 radical (unpaired) electrons. The van der Waals surface area contributed by atoms with Crippen LogP contribution in [0.1, 0.15) is 16.8 Å². The number of amides is 1. The normalized spacial score (nSPS) is 22.5. The lowest BCUT2D eigenvalue weighted by Gasteiger charge is -2.25. The molecule has 9 heteroatoms. The molecule has 1 unspecified atom stereocenters. The fraction of sp³-hybridized carbons (Fsp3) is 0.385. The van der Waals surface area contributed by atoms with Gasteiger partial charge < -0.3 is 20.2 Å². The van der Waals surface area contributed by atoms with E-state index >= 15 is 0 Å². The summed E-state index contributed by atoms with van der Waals surface area (Å²) in [7, 11) is 0. The van der Waals surface area contributed by atoms with Gasteiger partial charge in [0.25, 0.3) is 11.9 Å². The minimum Gasteiger partial charge on any atom is -0.424 e. The molecule has 1 aromatic heterocycles. The number of fused-ring (bicyclic) bond motifs is 1. The first-order valence-electron chi connectivity index (χ1n) is 6.44. The number of likely N-dealkylation sites (tertiary alicyclic amines) is 1. The molecule has 118 valence electrons. The van der Waals surface area contributed by atoms with E-state index < -0.39 is 30.7 Å². The lowest BCUT2D eigenvalue weighted by Crippen LogP contribution is -2.48. The van der Waals surface area contributed by atoms with Gasteiger partial charge in [-0.15, -0.1) is 0 Å². The molecular weight excluding hydrogens is 303 g/mol. The van der Waals surface area contributed by atoms with Crippen LogP contribution >= 0.6 is 0 Å². The van der Waals surface area contributed by atoms with Gasteiger partial charge in [-0.2, -0.15) is 18.2 Å². The molecule has 1 aliphatic rings. The van der Waals surface area contributed by atoms with Gasteiger partial charge in [0.15, 0.2) is 11.2 Å². The van der Waals surface area contributed by atoms with Crippen LogP contribution in [0.5, 0.6) is 0 Å². The minimum absolute atomic E-state index is 0.0628. The third-order valence-corrected chi connectivity index (χ3v) is 3.71. The molecule has 1 fully saturated rings. The largest absolute Gasteiger partial charge is 0.424 e. The van der Waals surface area contributed by atoms with E-state index in [1.165, 1.54) is 18.2 Å². The van der Waals surface area contributed by atoms with Crippen molar-refractivity contribution in [2.45, 2.75) is 18.2 Å². The van der Waals surface area contributed by atoms with Gasteiger partial charge in [-0.25, -0.2) is 0 Å². The molecule has 0 aliphatic carbocycles. The van der Waals surface area contributed by atoms with Crippen molar-refractivity contribution in [2.75, 3.05) is 18.8 Å². The second-order valence-electron chi connectivity index (χ2n) is 5.24. The summed E-state index contributed by atoms with van der Waals surface area (Å²) in [5.74, 6) is -0.608. The second kappa shape index (κ2) is 4.60. The van der Waals surface area contributed by atoms with Gasteiger partial charge in [-0.3, -0.25) is 4.79 Å². The zero-order valence-electron chi connectivity index (χ0n) is 11.2. The number of aliphatic hydroxyl groups is 1. The van der Waals surface area contributed by atoms with Crippen molar-refractivity contribution in [3.63, 3.8) is 0 Å². The number of hydrogen-bond acceptors (Lipinski definition) is 5. The van der Waals surface area contributed by atoms with E-state index in [4.69, 9.17) is 10.2 Å². The van der Waals surface area contributed by atoms with Gasteiger partial charge in [0.05, 0.1) is 6.54 Å². The average Bonchev–Trinajstić information content (AvgIpc) is 2.99. The number of anilines is 1. The first-order valence-corrected chi connectivity index (χ1v) is 6.44. The van der Waals surface area contributed by atoms with Crippen LogP contribution in [-0.4, -0.2) is 45.8 Å². The quantitative estimate of drug-likeness (QED) is 0.833. The third kappa shape index (κ3) is 2.27.